The molecule has 11 nitrogen and oxygen atoms in total. The highest BCUT2D eigenvalue weighted by Gasteiger charge is 2.38. The number of rotatable bonds is 11. The van der Waals surface area contributed by atoms with Gasteiger partial charge in [-0.2, -0.15) is 13.2 Å². The number of hydrogen-bond donors (Lipinski definition) is 4. The Morgan fingerprint density at radius 1 is 0.608 bits per heavy atom. The predicted molar refractivity (Wildman–Crippen MR) is 331 cm³/mol. The van der Waals surface area contributed by atoms with Gasteiger partial charge in [-0.15, -0.1) is 0 Å². The van der Waals surface area contributed by atoms with E-state index in [0.29, 0.717) is 54.0 Å². The molecule has 0 aromatic heterocycles. The second-order valence-corrected chi connectivity index (χ2v) is 27.7. The fourth-order valence-electron chi connectivity index (χ4n) is 14.0. The third-order valence-electron chi connectivity index (χ3n) is 19.7. The molecule has 0 radical (unpaired) electrons. The van der Waals surface area contributed by atoms with Crippen molar-refractivity contribution >= 4 is 0 Å². The van der Waals surface area contributed by atoms with Crippen LogP contribution in [0.1, 0.15) is 169 Å². The van der Waals surface area contributed by atoms with Crippen LogP contribution >= 0.6 is 0 Å². The summed E-state index contributed by atoms with van der Waals surface area (Å²) in [6.07, 6.45) is 17.6. The Bertz CT molecular complexity index is 1740. The van der Waals surface area contributed by atoms with Crippen molar-refractivity contribution in [3.63, 3.8) is 0 Å². The molecule has 0 unspecified atom stereocenters. The van der Waals surface area contributed by atoms with Crippen molar-refractivity contribution in [3.8, 4) is 0 Å². The van der Waals surface area contributed by atoms with Crippen molar-refractivity contribution in [1.29, 1.82) is 0 Å². The lowest BCUT2D eigenvalue weighted by Gasteiger charge is -2.41. The molecular weight excluding hydrogens is 992 g/mol. The minimum absolute atomic E-state index is 0.121. The zero-order chi connectivity index (χ0) is 57.5. The van der Waals surface area contributed by atoms with Gasteiger partial charge < -0.3 is 50.7 Å². The van der Waals surface area contributed by atoms with E-state index < -0.39 is 11.7 Å². The van der Waals surface area contributed by atoms with Crippen molar-refractivity contribution in [2.45, 2.75) is 218 Å². The number of fused-ring (bicyclic) bond motifs is 1. The molecule has 79 heavy (non-hydrogen) atoms. The molecule has 4 fully saturated rings. The van der Waals surface area contributed by atoms with E-state index in [1.54, 1.807) is 12.1 Å². The molecule has 5 rings (SSSR count). The highest BCUT2D eigenvalue weighted by atomic mass is 19.4. The summed E-state index contributed by atoms with van der Waals surface area (Å²) in [5, 5.41) is 16.6. The third-order valence-corrected chi connectivity index (χ3v) is 19.7. The quantitative estimate of drug-likeness (QED) is 0.171. The average molecular weight is 1120 g/mol. The number of nitrogens with zero attached hydrogens (tertiary/aromatic N) is 7. The van der Waals surface area contributed by atoms with Gasteiger partial charge in [-0.3, -0.25) is 4.90 Å². The molecule has 2 aliphatic carbocycles. The predicted octanol–water partition coefficient (Wildman–Crippen LogP) is 10.1. The molecule has 4 aliphatic rings. The number of benzene rings is 1. The van der Waals surface area contributed by atoms with Crippen molar-refractivity contribution < 1.29 is 13.2 Å². The van der Waals surface area contributed by atoms with Crippen molar-refractivity contribution in [3.05, 3.63) is 35.4 Å². The zero-order valence-electron chi connectivity index (χ0n) is 53.3. The number of halogens is 3. The molecule has 2 saturated heterocycles. The van der Waals surface area contributed by atoms with Gasteiger partial charge in [0.1, 0.15) is 0 Å². The lowest BCUT2D eigenvalue weighted by Crippen LogP contribution is -2.57. The first kappa shape index (κ1) is 68.4. The normalized spacial score (nSPS) is 30.0. The fourth-order valence-corrected chi connectivity index (χ4v) is 14.0. The maximum absolute atomic E-state index is 13.6. The van der Waals surface area contributed by atoms with E-state index in [9.17, 15) is 13.2 Å². The Morgan fingerprint density at radius 2 is 1.23 bits per heavy atom. The van der Waals surface area contributed by atoms with Crippen LogP contribution < -0.4 is 21.3 Å². The largest absolute Gasteiger partial charge is 0.416 e. The second-order valence-electron chi connectivity index (χ2n) is 27.7. The van der Waals surface area contributed by atoms with E-state index in [1.165, 1.54) is 108 Å². The van der Waals surface area contributed by atoms with Gasteiger partial charge in [-0.1, -0.05) is 105 Å². The molecule has 0 amide bonds. The van der Waals surface area contributed by atoms with E-state index in [1.807, 2.05) is 0 Å². The van der Waals surface area contributed by atoms with Crippen LogP contribution in [-0.4, -0.2) is 223 Å². The van der Waals surface area contributed by atoms with Crippen molar-refractivity contribution in [2.75, 3.05) is 140 Å². The van der Waals surface area contributed by atoms with Crippen LogP contribution in [0.3, 0.4) is 0 Å². The Labute approximate surface area is 484 Å². The molecule has 2 saturated carbocycles. The lowest BCUT2D eigenvalue weighted by atomic mass is 9.84. The maximum atomic E-state index is 13.6. The minimum Gasteiger partial charge on any atom is -0.313 e. The summed E-state index contributed by atoms with van der Waals surface area (Å²) in [5.41, 5.74) is 0.530. The standard InChI is InChI=1S/C65H124F3N11/c1-14-53(6)63-49-75(10)38-37-73(8)39-40-77(12)62(43-56-21-16-15-17-22-56)48-74(9)36-33-69-58(29-26-55-24-27-57(28-25-55)65(66,67)68)47-79-34-20-23-59(79)46-72-64(31-18-19-32-64)50-78(13)61(42-52(4)5)44-70-54(7)30-35-76(11)60(45-71-63)41-51(2)3/h24-25,27-28,51-54,56,58-63,69-72H,14-23,26,29-50H2,1-13H3/t53-,54+,58-,59-,60-,61-,62-,63+/m0/s1. The van der Waals surface area contributed by atoms with Crippen LogP contribution in [-0.2, 0) is 12.6 Å². The highest BCUT2D eigenvalue weighted by molar-refractivity contribution is 5.24. The topological polar surface area (TPSA) is 70.8 Å². The van der Waals surface area contributed by atoms with Gasteiger partial charge in [-0.25, -0.2) is 0 Å². The molecule has 14 heteroatoms. The number of nitrogens with one attached hydrogen (secondary N) is 4. The maximum Gasteiger partial charge on any atom is 0.416 e. The first-order chi connectivity index (χ1) is 37.6. The summed E-state index contributed by atoms with van der Waals surface area (Å²) in [6.45, 7) is 32.3. The summed E-state index contributed by atoms with van der Waals surface area (Å²) in [7, 11) is 14.1. The summed E-state index contributed by atoms with van der Waals surface area (Å²) in [5.74, 6) is 2.68. The van der Waals surface area contributed by atoms with Crippen LogP contribution in [0, 0.1) is 23.7 Å². The Hall–Kier alpha value is -1.43. The summed E-state index contributed by atoms with van der Waals surface area (Å²) in [6, 6.07) is 9.00. The van der Waals surface area contributed by atoms with Crippen LogP contribution in [0.2, 0.25) is 0 Å². The van der Waals surface area contributed by atoms with Crippen LogP contribution in [0.5, 0.6) is 0 Å². The van der Waals surface area contributed by atoms with Crippen LogP contribution in [0.15, 0.2) is 24.3 Å². The van der Waals surface area contributed by atoms with Gasteiger partial charge in [0.25, 0.3) is 0 Å². The van der Waals surface area contributed by atoms with Gasteiger partial charge in [0.15, 0.2) is 0 Å². The first-order valence-corrected chi connectivity index (χ1v) is 32.6. The molecular formula is C65H124F3N11. The van der Waals surface area contributed by atoms with Gasteiger partial charge in [0.05, 0.1) is 5.56 Å². The van der Waals surface area contributed by atoms with Gasteiger partial charge in [-0.05, 0) is 168 Å². The second kappa shape index (κ2) is 35.1. The molecule has 460 valence electrons. The monoisotopic (exact) mass is 1120 g/mol. The van der Waals surface area contributed by atoms with Gasteiger partial charge in [0.2, 0.25) is 0 Å². The fraction of sp³-hybridized carbons (Fsp3) is 0.908. The van der Waals surface area contributed by atoms with Crippen molar-refractivity contribution in [2.24, 2.45) is 23.7 Å². The summed E-state index contributed by atoms with van der Waals surface area (Å²) >= 11 is 0. The lowest BCUT2D eigenvalue weighted by molar-refractivity contribution is -0.137. The minimum atomic E-state index is -4.32. The van der Waals surface area contributed by atoms with E-state index in [2.05, 4.69) is 146 Å². The molecule has 8 atom stereocenters. The zero-order valence-corrected chi connectivity index (χ0v) is 53.3. The average Bonchev–Trinajstić information content (AvgIpc) is 4.09. The molecule has 4 N–H and O–H groups in total. The van der Waals surface area contributed by atoms with Crippen molar-refractivity contribution in [1.82, 2.24) is 55.6 Å². The van der Waals surface area contributed by atoms with Gasteiger partial charge >= 0.3 is 6.18 Å². The number of hydrogen-bond acceptors (Lipinski definition) is 11. The van der Waals surface area contributed by atoms with E-state index in [-0.39, 0.29) is 11.6 Å². The molecule has 1 aromatic carbocycles. The highest BCUT2D eigenvalue weighted by Crippen LogP contribution is 2.33. The SMILES string of the molecule is CC[C@H](C)[C@H]1CN(C)CCN(C)CCN(C)[C@@H](CC2CCCCC2)CN(C)CCN[C@@H](CCc2ccc(C(F)(F)F)cc2)CN2CCC[C@H]2CNC2(CCCC2)CN(C)[C@@H](CC(C)C)CN[C@H](C)CCN(C)[C@@H](CC(C)C)CN1. The molecule has 2 aliphatic heterocycles. The number of alkyl halides is 3. The van der Waals surface area contributed by atoms with Gasteiger partial charge in [0, 0.05) is 133 Å². The number of aryl methyl sites for hydroxylation is 1. The smallest absolute Gasteiger partial charge is 0.313 e. The Morgan fingerprint density at radius 3 is 1.89 bits per heavy atom. The van der Waals surface area contributed by atoms with Crippen LogP contribution in [0.4, 0.5) is 13.2 Å². The van der Waals surface area contributed by atoms with Crippen LogP contribution in [0.25, 0.3) is 0 Å². The third kappa shape index (κ3) is 25.0. The number of likely N-dealkylation sites (N-methyl/N-ethyl adjacent to an activating group) is 6. The van der Waals surface area contributed by atoms with E-state index in [4.69, 9.17) is 0 Å². The Balaban J connectivity index is 1.35. The summed E-state index contributed by atoms with van der Waals surface area (Å²) < 4.78 is 40.7. The molecule has 0 bridgehead atoms. The van der Waals surface area contributed by atoms with E-state index in [0.717, 1.165) is 129 Å². The Kier molecular flexibility index (Phi) is 30.4. The summed E-state index contributed by atoms with van der Waals surface area (Å²) in [4.78, 5) is 18.5. The van der Waals surface area contributed by atoms with E-state index >= 15 is 0 Å². The molecule has 1 spiro atoms. The molecule has 2 heterocycles. The first-order valence-electron chi connectivity index (χ1n) is 32.6. The molecule has 1 aromatic rings.